The molecule has 4 aromatic rings. The number of nitrogens with one attached hydrogen (secondary N) is 1. The fourth-order valence-electron chi connectivity index (χ4n) is 4.10. The first-order valence-corrected chi connectivity index (χ1v) is 12.9. The molecule has 1 saturated heterocycles. The number of piperazine rings is 1. The second-order valence-corrected chi connectivity index (χ2v) is 10.3. The third kappa shape index (κ3) is 5.03. The highest BCUT2D eigenvalue weighted by molar-refractivity contribution is 7.89. The molecule has 1 amide bonds. The summed E-state index contributed by atoms with van der Waals surface area (Å²) in [6.07, 6.45) is 5.03. The van der Waals surface area contributed by atoms with Gasteiger partial charge in [-0.25, -0.2) is 23.5 Å². The highest BCUT2D eigenvalue weighted by Gasteiger charge is 2.21. The number of aromatic nitrogens is 3. The summed E-state index contributed by atoms with van der Waals surface area (Å²) in [6, 6.07) is 13.6. The second kappa shape index (κ2) is 9.61. The molecule has 0 radical (unpaired) electrons. The zero-order valence-corrected chi connectivity index (χ0v) is 20.4. The number of nitrogens with zero attached hydrogens (tertiary/aromatic N) is 5. The molecule has 0 spiro atoms. The maximum atomic E-state index is 13.1. The van der Waals surface area contributed by atoms with E-state index in [0.717, 1.165) is 29.6 Å². The van der Waals surface area contributed by atoms with E-state index in [0.29, 0.717) is 35.8 Å². The minimum atomic E-state index is -3.77. The van der Waals surface area contributed by atoms with E-state index in [1.807, 2.05) is 29.2 Å². The number of benzene rings is 2. The minimum Gasteiger partial charge on any atom is -0.336 e. The van der Waals surface area contributed by atoms with Gasteiger partial charge in [-0.1, -0.05) is 18.2 Å². The molecule has 0 saturated carbocycles. The SMILES string of the molecule is CN1CCN(C(=O)c2cncc(-c3cccc4cnc(Nc5ccc(S(N)(=O)=O)cc5)nc34)c2)CC1. The van der Waals surface area contributed by atoms with Crippen molar-refractivity contribution in [2.75, 3.05) is 38.5 Å². The Morgan fingerprint density at radius 2 is 1.75 bits per heavy atom. The highest BCUT2D eigenvalue weighted by Crippen LogP contribution is 2.29. The van der Waals surface area contributed by atoms with Crippen LogP contribution in [0.4, 0.5) is 11.6 Å². The Kier molecular flexibility index (Phi) is 6.35. The number of rotatable bonds is 5. The molecule has 3 N–H and O–H groups in total. The van der Waals surface area contributed by atoms with Crippen molar-refractivity contribution in [3.05, 3.63) is 72.7 Å². The van der Waals surface area contributed by atoms with Gasteiger partial charge in [-0.2, -0.15) is 0 Å². The summed E-state index contributed by atoms with van der Waals surface area (Å²) in [5.74, 6) is 0.313. The van der Waals surface area contributed by atoms with Crippen LogP contribution in [0.1, 0.15) is 10.4 Å². The number of nitrogens with two attached hydrogens (primary N) is 1. The molecule has 2 aromatic heterocycles. The summed E-state index contributed by atoms with van der Waals surface area (Å²) in [6.45, 7) is 3.07. The largest absolute Gasteiger partial charge is 0.336 e. The summed E-state index contributed by atoms with van der Waals surface area (Å²) < 4.78 is 23.0. The van der Waals surface area contributed by atoms with Crippen LogP contribution in [0.3, 0.4) is 0 Å². The quantitative estimate of drug-likeness (QED) is 0.424. The minimum absolute atomic E-state index is 0.0215. The van der Waals surface area contributed by atoms with Gasteiger partial charge in [-0.05, 0) is 37.4 Å². The van der Waals surface area contributed by atoms with Crippen LogP contribution in [0.2, 0.25) is 0 Å². The van der Waals surface area contributed by atoms with Crippen molar-refractivity contribution in [2.24, 2.45) is 5.14 Å². The van der Waals surface area contributed by atoms with Crippen molar-refractivity contribution < 1.29 is 13.2 Å². The van der Waals surface area contributed by atoms with E-state index in [1.54, 1.807) is 30.7 Å². The molecule has 0 bridgehead atoms. The molecule has 11 heteroatoms. The van der Waals surface area contributed by atoms with E-state index >= 15 is 0 Å². The maximum Gasteiger partial charge on any atom is 0.255 e. The normalized spacial score (nSPS) is 14.7. The first-order chi connectivity index (χ1) is 17.3. The van der Waals surface area contributed by atoms with E-state index in [9.17, 15) is 13.2 Å². The van der Waals surface area contributed by atoms with E-state index in [1.165, 1.54) is 12.1 Å². The van der Waals surface area contributed by atoms with Crippen LogP contribution in [0.15, 0.2) is 72.0 Å². The standard InChI is InChI=1S/C25H25N7O3S/c1-31-9-11-32(12-10-31)24(33)19-13-18(14-27-15-19)22-4-2-3-17-16-28-25(30-23(17)22)29-20-5-7-21(8-6-20)36(26,34)35/h2-8,13-16H,9-12H2,1H3,(H2,26,34,35)(H,28,29,30). The van der Waals surface area contributed by atoms with Gasteiger partial charge in [-0.15, -0.1) is 0 Å². The Labute approximate surface area is 208 Å². The van der Waals surface area contributed by atoms with E-state index in [4.69, 9.17) is 10.1 Å². The fraction of sp³-hybridized carbons (Fsp3) is 0.200. The summed E-state index contributed by atoms with van der Waals surface area (Å²) >= 11 is 0. The maximum absolute atomic E-state index is 13.1. The molecule has 0 aliphatic carbocycles. The number of likely N-dealkylation sites (N-methyl/N-ethyl adjacent to an activating group) is 1. The number of carbonyl (C=O) groups is 1. The molecule has 0 atom stereocenters. The number of para-hydroxylation sites is 1. The van der Waals surface area contributed by atoms with Crippen LogP contribution in [0.25, 0.3) is 22.0 Å². The molecule has 0 unspecified atom stereocenters. The Morgan fingerprint density at radius 3 is 2.47 bits per heavy atom. The van der Waals surface area contributed by atoms with Gasteiger partial charge in [0.25, 0.3) is 5.91 Å². The van der Waals surface area contributed by atoms with Crippen molar-refractivity contribution in [3.8, 4) is 11.1 Å². The predicted octanol–water partition coefficient (Wildman–Crippen LogP) is 2.47. The monoisotopic (exact) mass is 503 g/mol. The lowest BCUT2D eigenvalue weighted by Crippen LogP contribution is -2.47. The van der Waals surface area contributed by atoms with Gasteiger partial charge in [0, 0.05) is 67.0 Å². The Morgan fingerprint density at radius 1 is 1.00 bits per heavy atom. The Hall–Kier alpha value is -3.93. The topological polar surface area (TPSA) is 134 Å². The number of carbonyl (C=O) groups excluding carboxylic acids is 1. The molecule has 36 heavy (non-hydrogen) atoms. The van der Waals surface area contributed by atoms with Crippen molar-refractivity contribution in [1.82, 2.24) is 24.8 Å². The van der Waals surface area contributed by atoms with Gasteiger partial charge in [0.15, 0.2) is 0 Å². The van der Waals surface area contributed by atoms with E-state index in [-0.39, 0.29) is 10.8 Å². The number of primary sulfonamides is 1. The van der Waals surface area contributed by atoms with Gasteiger partial charge in [0.2, 0.25) is 16.0 Å². The zero-order chi connectivity index (χ0) is 25.3. The molecule has 1 fully saturated rings. The average molecular weight is 504 g/mol. The van der Waals surface area contributed by atoms with Crippen LogP contribution in [0, 0.1) is 0 Å². The van der Waals surface area contributed by atoms with Crippen LogP contribution >= 0.6 is 0 Å². The summed E-state index contributed by atoms with van der Waals surface area (Å²) in [7, 11) is -1.72. The summed E-state index contributed by atoms with van der Waals surface area (Å²) in [5, 5.41) is 9.09. The van der Waals surface area contributed by atoms with Gasteiger partial charge in [0.05, 0.1) is 16.0 Å². The molecule has 184 valence electrons. The van der Waals surface area contributed by atoms with Gasteiger partial charge >= 0.3 is 0 Å². The molecule has 10 nitrogen and oxygen atoms in total. The Bertz CT molecular complexity index is 1530. The molecule has 3 heterocycles. The first kappa shape index (κ1) is 23.8. The number of sulfonamides is 1. The molecular formula is C25H25N7O3S. The van der Waals surface area contributed by atoms with Crippen molar-refractivity contribution in [1.29, 1.82) is 0 Å². The smallest absolute Gasteiger partial charge is 0.255 e. The third-order valence-corrected chi connectivity index (χ3v) is 7.07. The van der Waals surface area contributed by atoms with Crippen LogP contribution in [0.5, 0.6) is 0 Å². The number of pyridine rings is 1. The lowest BCUT2D eigenvalue weighted by Gasteiger charge is -2.32. The lowest BCUT2D eigenvalue weighted by molar-refractivity contribution is 0.0663. The van der Waals surface area contributed by atoms with E-state index < -0.39 is 10.0 Å². The average Bonchev–Trinajstić information content (AvgIpc) is 2.88. The predicted molar refractivity (Wildman–Crippen MR) is 137 cm³/mol. The van der Waals surface area contributed by atoms with Crippen LogP contribution < -0.4 is 10.5 Å². The zero-order valence-electron chi connectivity index (χ0n) is 19.6. The first-order valence-electron chi connectivity index (χ1n) is 11.4. The number of hydrogen-bond donors (Lipinski definition) is 2. The number of fused-ring (bicyclic) bond motifs is 1. The van der Waals surface area contributed by atoms with Crippen molar-refractivity contribution >= 4 is 38.5 Å². The van der Waals surface area contributed by atoms with Gasteiger partial charge in [-0.3, -0.25) is 9.78 Å². The summed E-state index contributed by atoms with van der Waals surface area (Å²) in [5.41, 5.74) is 3.45. The molecular weight excluding hydrogens is 478 g/mol. The lowest BCUT2D eigenvalue weighted by atomic mass is 10.0. The molecule has 5 rings (SSSR count). The second-order valence-electron chi connectivity index (χ2n) is 8.69. The molecule has 1 aliphatic rings. The Balaban J connectivity index is 1.45. The van der Waals surface area contributed by atoms with Crippen molar-refractivity contribution in [2.45, 2.75) is 4.90 Å². The third-order valence-electron chi connectivity index (χ3n) is 6.14. The van der Waals surface area contributed by atoms with Crippen LogP contribution in [-0.4, -0.2) is 72.3 Å². The number of hydrogen-bond acceptors (Lipinski definition) is 8. The number of anilines is 2. The fourth-order valence-corrected chi connectivity index (χ4v) is 4.62. The highest BCUT2D eigenvalue weighted by atomic mass is 32.2. The molecule has 2 aromatic carbocycles. The van der Waals surface area contributed by atoms with Gasteiger partial charge < -0.3 is 15.1 Å². The number of amides is 1. The van der Waals surface area contributed by atoms with E-state index in [2.05, 4.69) is 27.2 Å². The molecule has 1 aliphatic heterocycles. The van der Waals surface area contributed by atoms with Crippen LogP contribution in [-0.2, 0) is 10.0 Å². The van der Waals surface area contributed by atoms with Gasteiger partial charge in [0.1, 0.15) is 0 Å². The van der Waals surface area contributed by atoms with Crippen molar-refractivity contribution in [3.63, 3.8) is 0 Å². The summed E-state index contributed by atoms with van der Waals surface area (Å²) in [4.78, 5) is 30.6.